The van der Waals surface area contributed by atoms with Crippen LogP contribution in [0.4, 0.5) is 5.95 Å². The Hall–Kier alpha value is -1.69. The van der Waals surface area contributed by atoms with Crippen LogP contribution in [0.5, 0.6) is 0 Å². The minimum absolute atomic E-state index is 0.0800. The van der Waals surface area contributed by atoms with Crippen molar-refractivity contribution in [2.24, 2.45) is 0 Å². The first-order valence-electron chi connectivity index (χ1n) is 6.66. The summed E-state index contributed by atoms with van der Waals surface area (Å²) in [6.45, 7) is 3.78. The summed E-state index contributed by atoms with van der Waals surface area (Å²) in [4.78, 5) is 18.1. The average molecular weight is 311 g/mol. The molecule has 0 aliphatic carbocycles. The van der Waals surface area contributed by atoms with Crippen molar-refractivity contribution in [3.63, 3.8) is 0 Å². The summed E-state index contributed by atoms with van der Waals surface area (Å²) < 4.78 is 22.5. The van der Waals surface area contributed by atoms with Crippen molar-refractivity contribution >= 4 is 18.8 Å². The predicted molar refractivity (Wildman–Crippen MR) is 79.2 cm³/mol. The first-order chi connectivity index (χ1) is 9.99. The van der Waals surface area contributed by atoms with E-state index in [-0.39, 0.29) is 23.6 Å². The lowest BCUT2D eigenvalue weighted by Gasteiger charge is -2.12. The van der Waals surface area contributed by atoms with Gasteiger partial charge < -0.3 is 19.6 Å². The number of hydrogen-bond acceptors (Lipinski definition) is 6. The summed E-state index contributed by atoms with van der Waals surface area (Å²) >= 11 is 0. The molecule has 0 aliphatic rings. The smallest absolute Gasteiger partial charge is 0.362 e. The Morgan fingerprint density at radius 3 is 2.90 bits per heavy atom. The molecule has 21 heavy (non-hydrogen) atoms. The fraction of sp³-hybridized carbons (Fsp3) is 0.385. The minimum atomic E-state index is -3.95. The predicted octanol–water partition coefficient (Wildman–Crippen LogP) is 2.12. The summed E-state index contributed by atoms with van der Waals surface area (Å²) in [5.41, 5.74) is 6.85. The Balaban J connectivity index is 2.56. The first kappa shape index (κ1) is 15.7. The Morgan fingerprint density at radius 1 is 1.48 bits per heavy atom. The van der Waals surface area contributed by atoms with E-state index in [1.54, 1.807) is 13.1 Å². The summed E-state index contributed by atoms with van der Waals surface area (Å²) in [6, 6.07) is 1.42. The lowest BCUT2D eigenvalue weighted by atomic mass is 10.1. The molecule has 0 fully saturated rings. The average Bonchev–Trinajstić information content (AvgIpc) is 2.91. The maximum atomic E-state index is 12.2. The van der Waals surface area contributed by atoms with Gasteiger partial charge in [-0.1, -0.05) is 13.3 Å². The third kappa shape index (κ3) is 3.32. The molecule has 0 radical (unpaired) electrons. The highest BCUT2D eigenvalue weighted by molar-refractivity contribution is 7.61. The summed E-state index contributed by atoms with van der Waals surface area (Å²) in [5.74, 6) is 0.281. The zero-order valence-corrected chi connectivity index (χ0v) is 12.8. The van der Waals surface area contributed by atoms with Gasteiger partial charge in [-0.05, 0) is 19.4 Å². The molecule has 8 heteroatoms. The SMILES string of the molecule is CCCc1cnc(N)nc1-c1occc1P(=O)(O)OCC. The van der Waals surface area contributed by atoms with Gasteiger partial charge >= 0.3 is 7.60 Å². The van der Waals surface area contributed by atoms with Crippen LogP contribution in [-0.2, 0) is 15.5 Å². The van der Waals surface area contributed by atoms with E-state index in [1.807, 2.05) is 6.92 Å². The van der Waals surface area contributed by atoms with Crippen molar-refractivity contribution < 1.29 is 18.4 Å². The summed E-state index contributed by atoms with van der Waals surface area (Å²) in [5, 5.41) is 0.0832. The topological polar surface area (TPSA) is 111 Å². The molecule has 114 valence electrons. The van der Waals surface area contributed by atoms with Gasteiger partial charge in [0.2, 0.25) is 5.95 Å². The van der Waals surface area contributed by atoms with Gasteiger partial charge in [0.25, 0.3) is 0 Å². The molecule has 0 bridgehead atoms. The van der Waals surface area contributed by atoms with E-state index in [9.17, 15) is 9.46 Å². The highest BCUT2D eigenvalue weighted by atomic mass is 31.2. The van der Waals surface area contributed by atoms with Crippen molar-refractivity contribution in [3.8, 4) is 11.5 Å². The van der Waals surface area contributed by atoms with E-state index in [2.05, 4.69) is 9.97 Å². The molecule has 1 unspecified atom stereocenters. The third-order valence-electron chi connectivity index (χ3n) is 2.87. The number of nitrogen functional groups attached to an aromatic ring is 1. The maximum Gasteiger partial charge on any atom is 0.362 e. The molecule has 0 aromatic carbocycles. The van der Waals surface area contributed by atoms with Gasteiger partial charge in [-0.25, -0.2) is 9.97 Å². The lowest BCUT2D eigenvalue weighted by Crippen LogP contribution is -2.10. The summed E-state index contributed by atoms with van der Waals surface area (Å²) in [6.07, 6.45) is 4.52. The van der Waals surface area contributed by atoms with Gasteiger partial charge in [-0.15, -0.1) is 0 Å². The van der Waals surface area contributed by atoms with E-state index >= 15 is 0 Å². The molecule has 0 amide bonds. The minimum Gasteiger partial charge on any atom is -0.462 e. The molecule has 7 nitrogen and oxygen atoms in total. The molecule has 0 saturated heterocycles. The van der Waals surface area contributed by atoms with Gasteiger partial charge in [0, 0.05) is 11.8 Å². The number of hydrogen-bond donors (Lipinski definition) is 2. The second-order valence-corrected chi connectivity index (χ2v) is 6.21. The van der Waals surface area contributed by atoms with Crippen molar-refractivity contribution in [1.29, 1.82) is 0 Å². The quantitative estimate of drug-likeness (QED) is 0.786. The van der Waals surface area contributed by atoms with E-state index in [1.165, 1.54) is 12.3 Å². The van der Waals surface area contributed by atoms with Crippen molar-refractivity contribution in [3.05, 3.63) is 24.1 Å². The van der Waals surface area contributed by atoms with Crippen molar-refractivity contribution in [1.82, 2.24) is 9.97 Å². The number of furan rings is 1. The number of aryl methyl sites for hydroxylation is 1. The fourth-order valence-electron chi connectivity index (χ4n) is 2.02. The summed E-state index contributed by atoms with van der Waals surface area (Å²) in [7, 11) is -3.95. The molecule has 0 aliphatic heterocycles. The number of nitrogens with two attached hydrogens (primary N) is 1. The second-order valence-electron chi connectivity index (χ2n) is 4.43. The molecule has 3 N–H and O–H groups in total. The van der Waals surface area contributed by atoms with Gasteiger partial charge in [0.1, 0.15) is 11.0 Å². The van der Waals surface area contributed by atoms with Crippen LogP contribution in [0.15, 0.2) is 22.9 Å². The zero-order chi connectivity index (χ0) is 15.5. The van der Waals surface area contributed by atoms with E-state index in [4.69, 9.17) is 14.7 Å². The van der Waals surface area contributed by atoms with Crippen LogP contribution >= 0.6 is 7.60 Å². The van der Waals surface area contributed by atoms with Gasteiger partial charge in [-0.2, -0.15) is 0 Å². The van der Waals surface area contributed by atoms with Gasteiger partial charge in [0.15, 0.2) is 5.76 Å². The fourth-order valence-corrected chi connectivity index (χ4v) is 3.17. The van der Waals surface area contributed by atoms with Gasteiger partial charge in [0.05, 0.1) is 12.9 Å². The Labute approximate surface area is 122 Å². The second kappa shape index (κ2) is 6.39. The molecular formula is C13H18N3O4P. The first-order valence-corrected chi connectivity index (χ1v) is 8.24. The van der Waals surface area contributed by atoms with Crippen LogP contribution in [0.25, 0.3) is 11.5 Å². The normalized spacial score (nSPS) is 14.0. The molecule has 1 atom stereocenters. The number of aromatic nitrogens is 2. The van der Waals surface area contributed by atoms with Crippen LogP contribution in [0.2, 0.25) is 0 Å². The van der Waals surface area contributed by atoms with Crippen LogP contribution in [0, 0.1) is 0 Å². The third-order valence-corrected chi connectivity index (χ3v) is 4.44. The number of anilines is 1. The standard InChI is InChI=1S/C13H18N3O4P/c1-3-5-9-8-15-13(14)16-11(9)12-10(6-7-19-12)21(17,18)20-4-2/h6-8H,3-5H2,1-2H3,(H,17,18)(H2,14,15,16). The monoisotopic (exact) mass is 311 g/mol. The van der Waals surface area contributed by atoms with E-state index in [0.29, 0.717) is 12.1 Å². The molecular weight excluding hydrogens is 293 g/mol. The highest BCUT2D eigenvalue weighted by Gasteiger charge is 2.30. The zero-order valence-electron chi connectivity index (χ0n) is 11.9. The van der Waals surface area contributed by atoms with Crippen LogP contribution in [0.1, 0.15) is 25.8 Å². The van der Waals surface area contributed by atoms with Crippen molar-refractivity contribution in [2.75, 3.05) is 12.3 Å². The molecule has 0 saturated carbocycles. The Kier molecular flexibility index (Phi) is 4.77. The molecule has 2 rings (SSSR count). The Bertz CT molecular complexity index is 671. The van der Waals surface area contributed by atoms with Crippen LogP contribution in [-0.4, -0.2) is 21.5 Å². The Morgan fingerprint density at radius 2 is 2.24 bits per heavy atom. The number of rotatable bonds is 6. The lowest BCUT2D eigenvalue weighted by molar-refractivity contribution is 0.284. The van der Waals surface area contributed by atoms with E-state index in [0.717, 1.165) is 12.0 Å². The van der Waals surface area contributed by atoms with Crippen LogP contribution < -0.4 is 11.0 Å². The molecule has 2 heterocycles. The molecule has 2 aromatic heterocycles. The molecule has 2 aromatic rings. The van der Waals surface area contributed by atoms with E-state index < -0.39 is 7.60 Å². The van der Waals surface area contributed by atoms with Gasteiger partial charge in [-0.3, -0.25) is 4.57 Å². The molecule has 0 spiro atoms. The highest BCUT2D eigenvalue weighted by Crippen LogP contribution is 2.44. The largest absolute Gasteiger partial charge is 0.462 e. The maximum absolute atomic E-state index is 12.2. The number of nitrogens with zero attached hydrogens (tertiary/aromatic N) is 2. The van der Waals surface area contributed by atoms with Crippen molar-refractivity contribution in [2.45, 2.75) is 26.7 Å². The van der Waals surface area contributed by atoms with Crippen LogP contribution in [0.3, 0.4) is 0 Å².